The number of hydrogen-bond donors (Lipinski definition) is 2. The van der Waals surface area contributed by atoms with Crippen LogP contribution in [0.25, 0.3) is 0 Å². The molecule has 0 saturated carbocycles. The highest BCUT2D eigenvalue weighted by Gasteiger charge is 2.05. The topological polar surface area (TPSA) is 72.7 Å². The molecule has 0 aliphatic rings. The van der Waals surface area contributed by atoms with E-state index < -0.39 is 0 Å². The van der Waals surface area contributed by atoms with Crippen LogP contribution >= 0.6 is 24.0 Å². The zero-order valence-corrected chi connectivity index (χ0v) is 18.1. The molecular weight excluding hydrogens is 445 g/mol. The lowest BCUT2D eigenvalue weighted by Crippen LogP contribution is -2.38. The van der Waals surface area contributed by atoms with E-state index in [9.17, 15) is 0 Å². The smallest absolute Gasteiger partial charge is 0.191 e. The van der Waals surface area contributed by atoms with Crippen LogP contribution in [0.3, 0.4) is 0 Å². The second-order valence-electron chi connectivity index (χ2n) is 5.57. The molecule has 1 aromatic heterocycles. The molecule has 0 saturated heterocycles. The molecule has 0 aliphatic carbocycles. The van der Waals surface area contributed by atoms with Gasteiger partial charge in [-0.25, -0.2) is 4.99 Å². The maximum Gasteiger partial charge on any atom is 0.191 e. The van der Waals surface area contributed by atoms with Crippen LogP contribution in [0.5, 0.6) is 11.5 Å². The van der Waals surface area contributed by atoms with E-state index in [0.29, 0.717) is 6.54 Å². The van der Waals surface area contributed by atoms with Gasteiger partial charge in [-0.1, -0.05) is 0 Å². The number of hydrogen-bond acceptors (Lipinski definition) is 4. The third-order valence-electron chi connectivity index (χ3n) is 3.71. The van der Waals surface area contributed by atoms with Crippen LogP contribution in [-0.2, 0) is 20.0 Å². The second-order valence-corrected chi connectivity index (χ2v) is 5.57. The fourth-order valence-corrected chi connectivity index (χ4v) is 2.41. The third-order valence-corrected chi connectivity index (χ3v) is 3.71. The Balaban J connectivity index is 0.00000338. The van der Waals surface area contributed by atoms with Crippen molar-refractivity contribution in [2.24, 2.45) is 12.0 Å². The molecular formula is C18H28IN5O2. The number of aliphatic imine (C=N–C) groups is 1. The van der Waals surface area contributed by atoms with E-state index in [-0.39, 0.29) is 24.0 Å². The predicted octanol–water partition coefficient (Wildman–Crippen LogP) is 2.35. The van der Waals surface area contributed by atoms with E-state index in [1.807, 2.05) is 49.2 Å². The Morgan fingerprint density at radius 1 is 1.23 bits per heavy atom. The average Bonchev–Trinajstić information content (AvgIpc) is 3.04. The summed E-state index contributed by atoms with van der Waals surface area (Å²) in [4.78, 5) is 4.64. The van der Waals surface area contributed by atoms with Gasteiger partial charge in [-0.3, -0.25) is 4.68 Å². The van der Waals surface area contributed by atoms with Gasteiger partial charge in [-0.2, -0.15) is 5.10 Å². The van der Waals surface area contributed by atoms with Crippen molar-refractivity contribution in [1.82, 2.24) is 20.4 Å². The quantitative estimate of drug-likeness (QED) is 0.350. The van der Waals surface area contributed by atoms with Crippen LogP contribution in [0.15, 0.2) is 35.6 Å². The van der Waals surface area contributed by atoms with Gasteiger partial charge in [0.2, 0.25) is 0 Å². The first-order chi connectivity index (χ1) is 12.2. The molecule has 26 heavy (non-hydrogen) atoms. The van der Waals surface area contributed by atoms with Gasteiger partial charge < -0.3 is 20.1 Å². The van der Waals surface area contributed by atoms with Gasteiger partial charge in [0.15, 0.2) is 5.96 Å². The average molecular weight is 473 g/mol. The number of guanidine groups is 1. The maximum absolute atomic E-state index is 5.42. The van der Waals surface area contributed by atoms with E-state index in [0.717, 1.165) is 42.5 Å². The van der Waals surface area contributed by atoms with Crippen molar-refractivity contribution in [2.45, 2.75) is 19.9 Å². The molecule has 0 atom stereocenters. The number of nitrogens with one attached hydrogen (secondary N) is 2. The van der Waals surface area contributed by atoms with Gasteiger partial charge >= 0.3 is 0 Å². The summed E-state index contributed by atoms with van der Waals surface area (Å²) in [6.07, 6.45) is 4.80. The summed E-state index contributed by atoms with van der Waals surface area (Å²) in [5.74, 6) is 2.32. The highest BCUT2D eigenvalue weighted by molar-refractivity contribution is 14.0. The zero-order valence-electron chi connectivity index (χ0n) is 15.8. The van der Waals surface area contributed by atoms with Crippen molar-refractivity contribution in [1.29, 1.82) is 0 Å². The van der Waals surface area contributed by atoms with E-state index in [1.54, 1.807) is 14.2 Å². The SMILES string of the molecule is CCNC(=NCc1ccc(OC)cc1OC)NCCc1cnn(C)c1.I. The first-order valence-electron chi connectivity index (χ1n) is 8.36. The number of halogens is 1. The molecule has 0 aliphatic heterocycles. The summed E-state index contributed by atoms with van der Waals surface area (Å²) in [7, 11) is 5.21. The molecule has 2 N–H and O–H groups in total. The molecule has 0 bridgehead atoms. The summed E-state index contributed by atoms with van der Waals surface area (Å²) in [5.41, 5.74) is 2.20. The van der Waals surface area contributed by atoms with Crippen molar-refractivity contribution in [3.8, 4) is 11.5 Å². The van der Waals surface area contributed by atoms with Crippen LogP contribution in [0.2, 0.25) is 0 Å². The van der Waals surface area contributed by atoms with E-state index in [4.69, 9.17) is 9.47 Å². The number of aromatic nitrogens is 2. The highest BCUT2D eigenvalue weighted by atomic mass is 127. The first kappa shape index (κ1) is 22.1. The number of ether oxygens (including phenoxy) is 2. The molecule has 0 unspecified atom stereocenters. The molecule has 8 heteroatoms. The Labute approximate surface area is 172 Å². The molecule has 144 valence electrons. The summed E-state index contributed by atoms with van der Waals surface area (Å²) in [5, 5.41) is 10.8. The fraction of sp³-hybridized carbons (Fsp3) is 0.444. The number of rotatable bonds is 8. The molecule has 2 rings (SSSR count). The summed E-state index contributed by atoms with van der Waals surface area (Å²) in [6, 6.07) is 5.75. The van der Waals surface area contributed by atoms with Crippen LogP contribution in [-0.4, -0.2) is 43.0 Å². The predicted molar refractivity (Wildman–Crippen MR) is 115 cm³/mol. The van der Waals surface area contributed by atoms with Gasteiger partial charge in [0.1, 0.15) is 11.5 Å². The molecule has 1 aromatic carbocycles. The Bertz CT molecular complexity index is 703. The minimum atomic E-state index is 0. The summed E-state index contributed by atoms with van der Waals surface area (Å²) < 4.78 is 12.5. The minimum Gasteiger partial charge on any atom is -0.497 e. The van der Waals surface area contributed by atoms with Crippen LogP contribution < -0.4 is 20.1 Å². The normalized spacial score (nSPS) is 10.8. The fourth-order valence-electron chi connectivity index (χ4n) is 2.41. The van der Waals surface area contributed by atoms with Crippen LogP contribution in [0, 0.1) is 0 Å². The standard InChI is InChI=1S/C18H27N5O2.HI/c1-5-19-18(20-9-8-14-11-22-23(2)13-14)21-12-15-6-7-16(24-3)10-17(15)25-4;/h6-7,10-11,13H,5,8-9,12H2,1-4H3,(H2,19,20,21);1H. The van der Waals surface area contributed by atoms with Crippen LogP contribution in [0.1, 0.15) is 18.1 Å². The Kier molecular flexibility index (Phi) is 9.85. The lowest BCUT2D eigenvalue weighted by atomic mass is 10.2. The second kappa shape index (κ2) is 11.6. The maximum atomic E-state index is 5.42. The van der Waals surface area contributed by atoms with Gasteiger partial charge in [-0.15, -0.1) is 24.0 Å². The third kappa shape index (κ3) is 6.74. The number of methoxy groups -OCH3 is 2. The molecule has 0 radical (unpaired) electrons. The first-order valence-corrected chi connectivity index (χ1v) is 8.36. The van der Waals surface area contributed by atoms with Crippen molar-refractivity contribution in [3.63, 3.8) is 0 Å². The molecule has 1 heterocycles. The van der Waals surface area contributed by atoms with Crippen molar-refractivity contribution >= 4 is 29.9 Å². The van der Waals surface area contributed by atoms with Gasteiger partial charge in [0.25, 0.3) is 0 Å². The Morgan fingerprint density at radius 2 is 2.04 bits per heavy atom. The van der Waals surface area contributed by atoms with E-state index in [2.05, 4.69) is 20.7 Å². The number of benzene rings is 1. The highest BCUT2D eigenvalue weighted by Crippen LogP contribution is 2.25. The number of aryl methyl sites for hydroxylation is 1. The molecule has 0 spiro atoms. The van der Waals surface area contributed by atoms with Crippen molar-refractivity contribution < 1.29 is 9.47 Å². The summed E-state index contributed by atoms with van der Waals surface area (Å²) >= 11 is 0. The zero-order chi connectivity index (χ0) is 18.1. The lowest BCUT2D eigenvalue weighted by molar-refractivity contribution is 0.391. The minimum absolute atomic E-state index is 0. The van der Waals surface area contributed by atoms with E-state index >= 15 is 0 Å². The molecule has 0 amide bonds. The van der Waals surface area contributed by atoms with Gasteiger partial charge in [0.05, 0.1) is 27.0 Å². The van der Waals surface area contributed by atoms with Crippen molar-refractivity contribution in [3.05, 3.63) is 41.7 Å². The molecule has 7 nitrogen and oxygen atoms in total. The van der Waals surface area contributed by atoms with Gasteiger partial charge in [0, 0.05) is 38.0 Å². The Morgan fingerprint density at radius 3 is 2.65 bits per heavy atom. The number of nitrogens with zero attached hydrogens (tertiary/aromatic N) is 3. The van der Waals surface area contributed by atoms with Crippen LogP contribution in [0.4, 0.5) is 0 Å². The molecule has 2 aromatic rings. The largest absolute Gasteiger partial charge is 0.497 e. The van der Waals surface area contributed by atoms with Gasteiger partial charge in [-0.05, 0) is 31.0 Å². The lowest BCUT2D eigenvalue weighted by Gasteiger charge is -2.12. The molecule has 0 fully saturated rings. The van der Waals surface area contributed by atoms with Crippen molar-refractivity contribution in [2.75, 3.05) is 27.3 Å². The monoisotopic (exact) mass is 473 g/mol. The summed E-state index contributed by atoms with van der Waals surface area (Å²) in [6.45, 7) is 4.16. The van der Waals surface area contributed by atoms with E-state index in [1.165, 1.54) is 5.56 Å². The Hall–Kier alpha value is -1.97.